The second-order valence-corrected chi connectivity index (χ2v) is 5.50. The van der Waals surface area contributed by atoms with Crippen molar-refractivity contribution in [2.24, 2.45) is 5.92 Å². The number of carbonyl (C=O) groups excluding carboxylic acids is 1. The Bertz CT molecular complexity index is 488. The lowest BCUT2D eigenvalue weighted by atomic mass is 10.0. The van der Waals surface area contributed by atoms with Crippen molar-refractivity contribution in [1.29, 1.82) is 0 Å². The number of amides is 1. The summed E-state index contributed by atoms with van der Waals surface area (Å²) >= 11 is 0. The Balaban J connectivity index is 1.75. The maximum atomic E-state index is 12.3. The van der Waals surface area contributed by atoms with Gasteiger partial charge in [0.1, 0.15) is 18.1 Å². The molecule has 6 heteroatoms. The highest BCUT2D eigenvalue weighted by molar-refractivity contribution is 5.96. The van der Waals surface area contributed by atoms with E-state index in [0.717, 1.165) is 25.3 Å². The van der Waals surface area contributed by atoms with Crippen LogP contribution in [0.2, 0.25) is 0 Å². The van der Waals surface area contributed by atoms with Gasteiger partial charge >= 0.3 is 0 Å². The Kier molecular flexibility index (Phi) is 3.82. The van der Waals surface area contributed by atoms with E-state index in [-0.39, 0.29) is 17.9 Å². The predicted octanol–water partition coefficient (Wildman–Crippen LogP) is 1.44. The van der Waals surface area contributed by atoms with Gasteiger partial charge in [0.2, 0.25) is 0 Å². The number of aromatic nitrogens is 2. The highest BCUT2D eigenvalue weighted by Crippen LogP contribution is 2.27. The molecule has 0 radical (unpaired) electrons. The van der Waals surface area contributed by atoms with Gasteiger partial charge in [0.05, 0.1) is 6.20 Å². The third kappa shape index (κ3) is 2.60. The van der Waals surface area contributed by atoms with Gasteiger partial charge in [-0.1, -0.05) is 6.92 Å². The van der Waals surface area contributed by atoms with Crippen LogP contribution in [0.15, 0.2) is 12.5 Å². The third-order valence-electron chi connectivity index (χ3n) is 4.00. The van der Waals surface area contributed by atoms with Gasteiger partial charge in [-0.3, -0.25) is 4.79 Å². The van der Waals surface area contributed by atoms with E-state index in [0.29, 0.717) is 12.3 Å². The van der Waals surface area contributed by atoms with Crippen LogP contribution >= 0.6 is 0 Å². The third-order valence-corrected chi connectivity index (χ3v) is 4.00. The van der Waals surface area contributed by atoms with Crippen molar-refractivity contribution in [1.82, 2.24) is 9.97 Å². The van der Waals surface area contributed by atoms with Gasteiger partial charge in [-0.2, -0.15) is 0 Å². The molecule has 1 aromatic heterocycles. The lowest BCUT2D eigenvalue weighted by Crippen LogP contribution is -2.32. The van der Waals surface area contributed by atoms with Crippen LogP contribution in [0, 0.1) is 5.92 Å². The fraction of sp³-hybridized carbons (Fsp3) is 0.643. The topological polar surface area (TPSA) is 67.3 Å². The van der Waals surface area contributed by atoms with E-state index >= 15 is 0 Å². The molecule has 1 amide bonds. The van der Waals surface area contributed by atoms with Crippen LogP contribution in [-0.4, -0.2) is 41.7 Å². The van der Waals surface area contributed by atoms with Crippen LogP contribution in [0.1, 0.15) is 26.2 Å². The van der Waals surface area contributed by atoms with E-state index < -0.39 is 0 Å². The fourth-order valence-electron chi connectivity index (χ4n) is 2.83. The number of anilines is 2. The first-order chi connectivity index (χ1) is 9.75. The summed E-state index contributed by atoms with van der Waals surface area (Å²) in [5.41, 5.74) is 0.683. The van der Waals surface area contributed by atoms with Crippen LogP contribution in [0.3, 0.4) is 0 Å². The molecular formula is C14H20N4O2. The second-order valence-electron chi connectivity index (χ2n) is 5.50. The van der Waals surface area contributed by atoms with Gasteiger partial charge in [-0.15, -0.1) is 0 Å². The summed E-state index contributed by atoms with van der Waals surface area (Å²) in [7, 11) is 0. The Morgan fingerprint density at radius 3 is 2.95 bits per heavy atom. The Hall–Kier alpha value is -1.69. The maximum absolute atomic E-state index is 12.3. The van der Waals surface area contributed by atoms with E-state index in [4.69, 9.17) is 4.74 Å². The molecule has 2 unspecified atom stereocenters. The Morgan fingerprint density at radius 2 is 2.25 bits per heavy atom. The standard InChI is InChI=1S/C14H20N4O2/c1-10-4-7-20-12(10)14(19)17-11-8-15-9-16-13(11)18-5-2-3-6-18/h8-10,12H,2-7H2,1H3,(H,17,19). The molecule has 3 rings (SSSR count). The molecule has 2 atom stereocenters. The molecule has 1 aromatic rings. The molecule has 20 heavy (non-hydrogen) atoms. The molecule has 108 valence electrons. The van der Waals surface area contributed by atoms with Gasteiger partial charge in [0.15, 0.2) is 5.82 Å². The van der Waals surface area contributed by atoms with Crippen molar-refractivity contribution in [3.05, 3.63) is 12.5 Å². The van der Waals surface area contributed by atoms with Crippen molar-refractivity contribution in [3.63, 3.8) is 0 Å². The molecule has 1 N–H and O–H groups in total. The first-order valence-corrected chi connectivity index (χ1v) is 7.23. The normalized spacial score (nSPS) is 25.9. The SMILES string of the molecule is CC1CCOC1C(=O)Nc1cncnc1N1CCCC1. The van der Waals surface area contributed by atoms with E-state index in [1.807, 2.05) is 6.92 Å². The van der Waals surface area contributed by atoms with Gasteiger partial charge in [-0.05, 0) is 25.2 Å². The summed E-state index contributed by atoms with van der Waals surface area (Å²) in [6.45, 7) is 4.66. The highest BCUT2D eigenvalue weighted by atomic mass is 16.5. The molecule has 0 spiro atoms. The molecule has 2 aliphatic rings. The lowest BCUT2D eigenvalue weighted by Gasteiger charge is -2.21. The van der Waals surface area contributed by atoms with Crippen molar-refractivity contribution < 1.29 is 9.53 Å². The van der Waals surface area contributed by atoms with Gasteiger partial charge < -0.3 is 15.0 Å². The lowest BCUT2D eigenvalue weighted by molar-refractivity contribution is -0.126. The first-order valence-electron chi connectivity index (χ1n) is 7.23. The zero-order chi connectivity index (χ0) is 13.9. The van der Waals surface area contributed by atoms with Crippen LogP contribution in [0.4, 0.5) is 11.5 Å². The first kappa shape index (κ1) is 13.3. The highest BCUT2D eigenvalue weighted by Gasteiger charge is 2.31. The van der Waals surface area contributed by atoms with Crippen LogP contribution in [0.5, 0.6) is 0 Å². The molecule has 0 saturated carbocycles. The molecule has 0 bridgehead atoms. The Morgan fingerprint density at radius 1 is 1.45 bits per heavy atom. The zero-order valence-corrected chi connectivity index (χ0v) is 11.7. The average molecular weight is 276 g/mol. The molecule has 2 fully saturated rings. The molecule has 0 aromatic carbocycles. The molecule has 2 aliphatic heterocycles. The van der Waals surface area contributed by atoms with Crippen molar-refractivity contribution in [3.8, 4) is 0 Å². The summed E-state index contributed by atoms with van der Waals surface area (Å²) in [4.78, 5) is 22.8. The fourth-order valence-corrected chi connectivity index (χ4v) is 2.83. The van der Waals surface area contributed by atoms with E-state index in [2.05, 4.69) is 20.2 Å². The summed E-state index contributed by atoms with van der Waals surface area (Å²) < 4.78 is 5.50. The number of ether oxygens (including phenoxy) is 1. The van der Waals surface area contributed by atoms with E-state index in [1.54, 1.807) is 6.20 Å². The number of carbonyl (C=O) groups is 1. The quantitative estimate of drug-likeness (QED) is 0.905. The summed E-state index contributed by atoms with van der Waals surface area (Å²) in [5.74, 6) is 0.983. The van der Waals surface area contributed by atoms with Crippen molar-refractivity contribution in [2.75, 3.05) is 29.9 Å². The second kappa shape index (κ2) is 5.75. The van der Waals surface area contributed by atoms with Gasteiger partial charge in [0.25, 0.3) is 5.91 Å². The largest absolute Gasteiger partial charge is 0.368 e. The number of nitrogens with zero attached hydrogens (tertiary/aromatic N) is 3. The molecule has 6 nitrogen and oxygen atoms in total. The van der Waals surface area contributed by atoms with Crippen molar-refractivity contribution in [2.45, 2.75) is 32.3 Å². The van der Waals surface area contributed by atoms with Crippen LogP contribution < -0.4 is 10.2 Å². The molecule has 2 saturated heterocycles. The molecular weight excluding hydrogens is 256 g/mol. The Labute approximate surface area is 118 Å². The molecule has 0 aliphatic carbocycles. The number of rotatable bonds is 3. The summed E-state index contributed by atoms with van der Waals surface area (Å²) in [6, 6.07) is 0. The van der Waals surface area contributed by atoms with Gasteiger partial charge in [0, 0.05) is 19.7 Å². The monoisotopic (exact) mass is 276 g/mol. The minimum absolute atomic E-state index is 0.0924. The van der Waals surface area contributed by atoms with Crippen LogP contribution in [-0.2, 0) is 9.53 Å². The summed E-state index contributed by atoms with van der Waals surface area (Å²) in [6.07, 6.45) is 6.10. The van der Waals surface area contributed by atoms with E-state index in [9.17, 15) is 4.79 Å². The zero-order valence-electron chi connectivity index (χ0n) is 11.7. The molecule has 3 heterocycles. The average Bonchev–Trinajstić information content (AvgIpc) is 3.10. The maximum Gasteiger partial charge on any atom is 0.253 e. The predicted molar refractivity (Wildman–Crippen MR) is 75.6 cm³/mol. The number of hydrogen-bond acceptors (Lipinski definition) is 5. The minimum Gasteiger partial charge on any atom is -0.368 e. The number of hydrogen-bond donors (Lipinski definition) is 1. The summed E-state index contributed by atoms with van der Waals surface area (Å²) in [5, 5.41) is 2.93. The number of nitrogens with one attached hydrogen (secondary N) is 1. The smallest absolute Gasteiger partial charge is 0.253 e. The van der Waals surface area contributed by atoms with Crippen LogP contribution in [0.25, 0.3) is 0 Å². The minimum atomic E-state index is -0.360. The van der Waals surface area contributed by atoms with E-state index in [1.165, 1.54) is 19.2 Å². The van der Waals surface area contributed by atoms with Gasteiger partial charge in [-0.25, -0.2) is 9.97 Å². The van der Waals surface area contributed by atoms with Crippen molar-refractivity contribution >= 4 is 17.4 Å².